The summed E-state index contributed by atoms with van der Waals surface area (Å²) >= 11 is 1.85. The lowest BCUT2D eigenvalue weighted by atomic mass is 10.1. The highest BCUT2D eigenvalue weighted by Gasteiger charge is 2.16. The Morgan fingerprint density at radius 1 is 1.35 bits per heavy atom. The van der Waals surface area contributed by atoms with Crippen LogP contribution in [0.25, 0.3) is 0 Å². The van der Waals surface area contributed by atoms with Crippen molar-refractivity contribution in [3.05, 3.63) is 36.9 Å². The van der Waals surface area contributed by atoms with Gasteiger partial charge in [0.25, 0.3) is 0 Å². The zero-order chi connectivity index (χ0) is 14.2. The Labute approximate surface area is 127 Å². The predicted molar refractivity (Wildman–Crippen MR) is 90.7 cm³/mol. The van der Waals surface area contributed by atoms with Crippen molar-refractivity contribution >= 4 is 17.4 Å². The number of nitrogens with zero attached hydrogens (tertiary/aromatic N) is 1. The van der Waals surface area contributed by atoms with Gasteiger partial charge in [-0.1, -0.05) is 25.1 Å². The average molecular weight is 290 g/mol. The highest BCUT2D eigenvalue weighted by Crippen LogP contribution is 2.28. The molecular formula is C17H26N2S. The van der Waals surface area contributed by atoms with Crippen LogP contribution in [0.2, 0.25) is 0 Å². The minimum absolute atomic E-state index is 0.608. The molecule has 1 fully saturated rings. The number of benzene rings is 1. The lowest BCUT2D eigenvalue weighted by Gasteiger charge is -2.20. The van der Waals surface area contributed by atoms with Crippen molar-refractivity contribution in [1.29, 1.82) is 0 Å². The quantitative estimate of drug-likeness (QED) is 0.623. The Bertz CT molecular complexity index is 419. The number of anilines is 1. The predicted octanol–water partition coefficient (Wildman–Crippen LogP) is 4.25. The maximum atomic E-state index is 3.80. The van der Waals surface area contributed by atoms with Crippen molar-refractivity contribution in [2.75, 3.05) is 30.7 Å². The fraction of sp³-hybridized carbons (Fsp3) is 0.529. The number of hydrogen-bond acceptors (Lipinski definition) is 3. The summed E-state index contributed by atoms with van der Waals surface area (Å²) in [4.78, 5) is 3.89. The van der Waals surface area contributed by atoms with E-state index in [9.17, 15) is 0 Å². The first kappa shape index (κ1) is 15.5. The summed E-state index contributed by atoms with van der Waals surface area (Å²) in [7, 11) is 0. The van der Waals surface area contributed by atoms with Crippen LogP contribution in [-0.4, -0.2) is 36.3 Å². The molecule has 110 valence electrons. The van der Waals surface area contributed by atoms with Gasteiger partial charge in [-0.2, -0.15) is 0 Å². The summed E-state index contributed by atoms with van der Waals surface area (Å²) < 4.78 is 0. The smallest absolute Gasteiger partial charge is 0.0480 e. The van der Waals surface area contributed by atoms with Gasteiger partial charge in [0.15, 0.2) is 0 Å². The molecule has 1 saturated heterocycles. The van der Waals surface area contributed by atoms with E-state index < -0.39 is 0 Å². The molecule has 0 amide bonds. The Morgan fingerprint density at radius 3 is 3.00 bits per heavy atom. The summed E-state index contributed by atoms with van der Waals surface area (Å²) in [5.74, 6) is 0.965. The fourth-order valence-electron chi connectivity index (χ4n) is 2.70. The Kier molecular flexibility index (Phi) is 6.48. The van der Waals surface area contributed by atoms with Crippen LogP contribution in [-0.2, 0) is 0 Å². The van der Waals surface area contributed by atoms with Crippen LogP contribution >= 0.6 is 11.8 Å². The molecule has 1 aliphatic heterocycles. The summed E-state index contributed by atoms with van der Waals surface area (Å²) in [6.07, 6.45) is 5.78. The molecule has 0 aromatic heterocycles. The molecule has 2 nitrogen and oxygen atoms in total. The molecule has 0 bridgehead atoms. The molecule has 1 heterocycles. The standard InChI is InChI=1S/C17H26N2S/c1-3-14-20-17-10-6-5-9-16(17)18-15-8-7-12-19(4-2)13-11-15/h3,5-6,9-10,15,18H,1,4,7-8,11-14H2,2H3. The third-order valence-corrected chi connectivity index (χ3v) is 4.94. The number of hydrogen-bond donors (Lipinski definition) is 1. The van der Waals surface area contributed by atoms with Gasteiger partial charge in [0.2, 0.25) is 0 Å². The Balaban J connectivity index is 1.96. The minimum Gasteiger partial charge on any atom is -0.381 e. The van der Waals surface area contributed by atoms with E-state index in [1.165, 1.54) is 49.5 Å². The molecule has 3 heteroatoms. The van der Waals surface area contributed by atoms with Gasteiger partial charge in [-0.05, 0) is 44.5 Å². The van der Waals surface area contributed by atoms with Gasteiger partial charge in [-0.15, -0.1) is 18.3 Å². The molecule has 0 saturated carbocycles. The molecule has 0 radical (unpaired) electrons. The second kappa shape index (κ2) is 8.38. The number of rotatable bonds is 6. The van der Waals surface area contributed by atoms with Crippen molar-refractivity contribution in [2.45, 2.75) is 37.1 Å². The molecule has 1 aromatic rings. The molecule has 1 aromatic carbocycles. The van der Waals surface area contributed by atoms with E-state index in [1.807, 2.05) is 17.8 Å². The van der Waals surface area contributed by atoms with E-state index in [4.69, 9.17) is 0 Å². The second-order valence-electron chi connectivity index (χ2n) is 5.30. The highest BCUT2D eigenvalue weighted by atomic mass is 32.2. The number of likely N-dealkylation sites (tertiary alicyclic amines) is 1. The van der Waals surface area contributed by atoms with Crippen LogP contribution in [0.1, 0.15) is 26.2 Å². The molecule has 1 unspecified atom stereocenters. The third kappa shape index (κ3) is 4.57. The average Bonchev–Trinajstić information content (AvgIpc) is 2.71. The van der Waals surface area contributed by atoms with E-state index in [1.54, 1.807) is 0 Å². The third-order valence-electron chi connectivity index (χ3n) is 3.87. The van der Waals surface area contributed by atoms with Gasteiger partial charge < -0.3 is 10.2 Å². The van der Waals surface area contributed by atoms with Crippen LogP contribution in [0.4, 0.5) is 5.69 Å². The van der Waals surface area contributed by atoms with Crippen LogP contribution < -0.4 is 5.32 Å². The Morgan fingerprint density at radius 2 is 2.20 bits per heavy atom. The summed E-state index contributed by atoms with van der Waals surface area (Å²) in [6, 6.07) is 9.24. The molecule has 1 aliphatic rings. The van der Waals surface area contributed by atoms with Gasteiger partial charge in [-0.3, -0.25) is 0 Å². The first-order valence-corrected chi connectivity index (χ1v) is 8.63. The van der Waals surface area contributed by atoms with Gasteiger partial charge in [-0.25, -0.2) is 0 Å². The van der Waals surface area contributed by atoms with E-state index >= 15 is 0 Å². The fourth-order valence-corrected chi connectivity index (χ4v) is 3.45. The van der Waals surface area contributed by atoms with E-state index in [0.29, 0.717) is 6.04 Å². The lowest BCUT2D eigenvalue weighted by Crippen LogP contribution is -2.26. The first-order chi connectivity index (χ1) is 9.83. The summed E-state index contributed by atoms with van der Waals surface area (Å²) in [6.45, 7) is 9.71. The second-order valence-corrected chi connectivity index (χ2v) is 6.36. The van der Waals surface area contributed by atoms with Gasteiger partial charge in [0.1, 0.15) is 0 Å². The molecule has 0 spiro atoms. The molecule has 1 N–H and O–H groups in total. The monoisotopic (exact) mass is 290 g/mol. The minimum atomic E-state index is 0.608. The van der Waals surface area contributed by atoms with Crippen molar-refractivity contribution in [1.82, 2.24) is 4.90 Å². The lowest BCUT2D eigenvalue weighted by molar-refractivity contribution is 0.300. The highest BCUT2D eigenvalue weighted by molar-refractivity contribution is 7.99. The van der Waals surface area contributed by atoms with Crippen LogP contribution in [0, 0.1) is 0 Å². The zero-order valence-corrected chi connectivity index (χ0v) is 13.3. The molecule has 1 atom stereocenters. The van der Waals surface area contributed by atoms with Gasteiger partial charge in [0.05, 0.1) is 0 Å². The normalized spacial score (nSPS) is 20.4. The van der Waals surface area contributed by atoms with Crippen molar-refractivity contribution in [3.8, 4) is 0 Å². The molecular weight excluding hydrogens is 264 g/mol. The zero-order valence-electron chi connectivity index (χ0n) is 12.5. The SMILES string of the molecule is C=CCSc1ccccc1NC1CCCN(CC)CC1. The van der Waals surface area contributed by atoms with E-state index in [-0.39, 0.29) is 0 Å². The maximum Gasteiger partial charge on any atom is 0.0480 e. The van der Waals surface area contributed by atoms with Crippen LogP contribution in [0.5, 0.6) is 0 Å². The summed E-state index contributed by atoms with van der Waals surface area (Å²) in [5, 5.41) is 3.76. The van der Waals surface area contributed by atoms with Crippen LogP contribution in [0.3, 0.4) is 0 Å². The topological polar surface area (TPSA) is 15.3 Å². The van der Waals surface area contributed by atoms with E-state index in [2.05, 4.69) is 48.0 Å². The molecule has 2 rings (SSSR count). The number of para-hydroxylation sites is 1. The first-order valence-electron chi connectivity index (χ1n) is 7.65. The van der Waals surface area contributed by atoms with Crippen LogP contribution in [0.15, 0.2) is 41.8 Å². The van der Waals surface area contributed by atoms with Gasteiger partial charge in [0, 0.05) is 28.9 Å². The maximum absolute atomic E-state index is 3.80. The van der Waals surface area contributed by atoms with Gasteiger partial charge >= 0.3 is 0 Å². The van der Waals surface area contributed by atoms with E-state index in [0.717, 1.165) is 5.75 Å². The number of thioether (sulfide) groups is 1. The van der Waals surface area contributed by atoms with Crippen molar-refractivity contribution < 1.29 is 0 Å². The largest absolute Gasteiger partial charge is 0.381 e. The summed E-state index contributed by atoms with van der Waals surface area (Å²) in [5.41, 5.74) is 1.29. The Hall–Kier alpha value is -0.930. The van der Waals surface area contributed by atoms with Crippen molar-refractivity contribution in [2.24, 2.45) is 0 Å². The molecule has 20 heavy (non-hydrogen) atoms. The van der Waals surface area contributed by atoms with Crippen molar-refractivity contribution in [3.63, 3.8) is 0 Å². The molecule has 0 aliphatic carbocycles. The number of nitrogens with one attached hydrogen (secondary N) is 1.